The number of carbonyl (C=O) groups excluding carboxylic acids is 3. The van der Waals surface area contributed by atoms with Gasteiger partial charge in [-0.15, -0.1) is 5.06 Å². The van der Waals surface area contributed by atoms with Gasteiger partial charge in [-0.05, 0) is 31.1 Å². The quantitative estimate of drug-likeness (QED) is 0.578. The number of nitrogens with zero attached hydrogens (tertiary/aromatic N) is 1. The number of hydroxylamine groups is 2. The Morgan fingerprint density at radius 2 is 1.95 bits per heavy atom. The van der Waals surface area contributed by atoms with Crippen LogP contribution in [-0.4, -0.2) is 35.6 Å². The molecule has 3 rings (SSSR count). The number of hydrogen-bond donors (Lipinski definition) is 0. The van der Waals surface area contributed by atoms with E-state index in [0.29, 0.717) is 11.0 Å². The summed E-state index contributed by atoms with van der Waals surface area (Å²) in [7, 11) is 0. The summed E-state index contributed by atoms with van der Waals surface area (Å²) >= 11 is 0. The Kier molecular flexibility index (Phi) is 4.05. The first-order chi connectivity index (χ1) is 10.1. The molecule has 21 heavy (non-hydrogen) atoms. The second-order valence-electron chi connectivity index (χ2n) is 5.87. The summed E-state index contributed by atoms with van der Waals surface area (Å²) in [5.41, 5.74) is 0. The summed E-state index contributed by atoms with van der Waals surface area (Å²) in [5.74, 6) is -0.126. The van der Waals surface area contributed by atoms with E-state index in [1.807, 2.05) is 6.08 Å². The van der Waals surface area contributed by atoms with Gasteiger partial charge in [0, 0.05) is 12.8 Å². The average molecular weight is 293 g/mol. The van der Waals surface area contributed by atoms with Crippen LogP contribution < -0.4 is 0 Å². The number of rotatable bonds is 4. The van der Waals surface area contributed by atoms with Crippen molar-refractivity contribution in [2.45, 2.75) is 44.6 Å². The maximum Gasteiger partial charge on any atom is 0.358 e. The fourth-order valence-electron chi connectivity index (χ4n) is 2.88. The van der Waals surface area contributed by atoms with Gasteiger partial charge < -0.3 is 9.57 Å². The lowest BCUT2D eigenvalue weighted by Gasteiger charge is -2.17. The second-order valence-corrected chi connectivity index (χ2v) is 5.87. The summed E-state index contributed by atoms with van der Waals surface area (Å²) in [4.78, 5) is 39.1. The highest BCUT2D eigenvalue weighted by atomic mass is 16.7. The van der Waals surface area contributed by atoms with E-state index in [4.69, 9.17) is 9.57 Å². The van der Waals surface area contributed by atoms with Crippen molar-refractivity contribution in [3.05, 3.63) is 12.2 Å². The minimum absolute atomic E-state index is 0.0934. The summed E-state index contributed by atoms with van der Waals surface area (Å²) in [6, 6.07) is 0. The molecule has 0 aromatic carbocycles. The number of amides is 2. The van der Waals surface area contributed by atoms with Crippen molar-refractivity contribution in [2.75, 3.05) is 6.61 Å². The Bertz CT molecular complexity index is 470. The predicted molar refractivity (Wildman–Crippen MR) is 71.5 cm³/mol. The molecule has 0 radical (unpaired) electrons. The fourth-order valence-corrected chi connectivity index (χ4v) is 2.88. The summed E-state index contributed by atoms with van der Waals surface area (Å²) in [5, 5.41) is 0.550. The fraction of sp³-hybridized carbons (Fsp3) is 0.667. The molecule has 1 saturated carbocycles. The van der Waals surface area contributed by atoms with Gasteiger partial charge in [0.15, 0.2) is 0 Å². The van der Waals surface area contributed by atoms with E-state index in [1.54, 1.807) is 0 Å². The van der Waals surface area contributed by atoms with Crippen LogP contribution in [0, 0.1) is 11.8 Å². The molecule has 2 aliphatic carbocycles. The van der Waals surface area contributed by atoms with Crippen molar-refractivity contribution in [3.63, 3.8) is 0 Å². The first kappa shape index (κ1) is 14.3. The van der Waals surface area contributed by atoms with E-state index in [-0.39, 0.29) is 25.6 Å². The van der Waals surface area contributed by atoms with Gasteiger partial charge in [0.25, 0.3) is 11.8 Å². The molecule has 0 bridgehead atoms. The van der Waals surface area contributed by atoms with Crippen LogP contribution in [-0.2, 0) is 24.0 Å². The smallest absolute Gasteiger partial charge is 0.358 e. The molecule has 6 heteroatoms. The lowest BCUT2D eigenvalue weighted by Crippen LogP contribution is -2.34. The van der Waals surface area contributed by atoms with Gasteiger partial charge in [-0.3, -0.25) is 9.59 Å². The molecule has 0 aromatic heterocycles. The van der Waals surface area contributed by atoms with Crippen LogP contribution in [0.15, 0.2) is 12.2 Å². The average Bonchev–Trinajstić information content (AvgIpc) is 3.10. The minimum Gasteiger partial charge on any atom is -0.362 e. The molecule has 1 aliphatic heterocycles. The van der Waals surface area contributed by atoms with Gasteiger partial charge in [0.05, 0.1) is 6.10 Å². The maximum absolute atomic E-state index is 11.6. The molecule has 0 spiro atoms. The highest BCUT2D eigenvalue weighted by Crippen LogP contribution is 2.44. The van der Waals surface area contributed by atoms with Crippen molar-refractivity contribution in [1.82, 2.24) is 5.06 Å². The molecular formula is C15H19NO5. The Balaban J connectivity index is 1.44. The van der Waals surface area contributed by atoms with Gasteiger partial charge >= 0.3 is 5.97 Å². The monoisotopic (exact) mass is 293 g/mol. The van der Waals surface area contributed by atoms with E-state index in [1.165, 1.54) is 12.8 Å². The van der Waals surface area contributed by atoms with Crippen LogP contribution in [0.2, 0.25) is 0 Å². The molecule has 1 heterocycles. The number of fused-ring (bicyclic) bond motifs is 1. The molecule has 114 valence electrons. The second kappa shape index (κ2) is 5.97. The Morgan fingerprint density at radius 1 is 1.19 bits per heavy atom. The maximum atomic E-state index is 11.6. The number of carbonyl (C=O) groups is 3. The van der Waals surface area contributed by atoms with Crippen LogP contribution in [0.25, 0.3) is 0 Å². The number of ether oxygens (including phenoxy) is 1. The normalized spacial score (nSPS) is 33.1. The van der Waals surface area contributed by atoms with E-state index in [9.17, 15) is 14.4 Å². The van der Waals surface area contributed by atoms with Gasteiger partial charge in [0.2, 0.25) is 0 Å². The van der Waals surface area contributed by atoms with Gasteiger partial charge in [0.1, 0.15) is 6.61 Å². The van der Waals surface area contributed by atoms with E-state index in [2.05, 4.69) is 6.08 Å². The lowest BCUT2D eigenvalue weighted by atomic mass is 10.0. The van der Waals surface area contributed by atoms with Gasteiger partial charge in [-0.25, -0.2) is 4.79 Å². The van der Waals surface area contributed by atoms with Crippen molar-refractivity contribution >= 4 is 17.8 Å². The van der Waals surface area contributed by atoms with Crippen molar-refractivity contribution in [2.24, 2.45) is 11.8 Å². The van der Waals surface area contributed by atoms with Crippen molar-refractivity contribution in [1.29, 1.82) is 0 Å². The zero-order valence-electron chi connectivity index (χ0n) is 11.8. The van der Waals surface area contributed by atoms with Crippen LogP contribution >= 0.6 is 0 Å². The molecule has 2 amide bonds. The molecular weight excluding hydrogens is 274 g/mol. The molecule has 3 unspecified atom stereocenters. The Morgan fingerprint density at radius 3 is 2.71 bits per heavy atom. The summed E-state index contributed by atoms with van der Waals surface area (Å²) < 4.78 is 5.52. The molecule has 1 saturated heterocycles. The van der Waals surface area contributed by atoms with E-state index >= 15 is 0 Å². The van der Waals surface area contributed by atoms with Crippen molar-refractivity contribution < 1.29 is 24.0 Å². The molecule has 6 nitrogen and oxygen atoms in total. The van der Waals surface area contributed by atoms with E-state index < -0.39 is 17.8 Å². The highest BCUT2D eigenvalue weighted by molar-refractivity contribution is 6.01. The van der Waals surface area contributed by atoms with Crippen LogP contribution in [0.1, 0.15) is 38.5 Å². The third kappa shape index (κ3) is 3.50. The molecule has 3 atom stereocenters. The van der Waals surface area contributed by atoms with Gasteiger partial charge in [-0.1, -0.05) is 18.6 Å². The summed E-state index contributed by atoms with van der Waals surface area (Å²) in [6.45, 7) is -0.250. The van der Waals surface area contributed by atoms with E-state index in [0.717, 1.165) is 18.8 Å². The number of imide groups is 1. The molecule has 3 aliphatic rings. The first-order valence-electron chi connectivity index (χ1n) is 7.50. The van der Waals surface area contributed by atoms with Crippen LogP contribution in [0.4, 0.5) is 0 Å². The Labute approximate surface area is 123 Å². The minimum atomic E-state index is -0.710. The number of allylic oxidation sites excluding steroid dienone is 1. The van der Waals surface area contributed by atoms with Gasteiger partial charge in [-0.2, -0.15) is 0 Å². The molecule has 0 aromatic rings. The Hall–Kier alpha value is -1.69. The topological polar surface area (TPSA) is 72.9 Å². The molecule has 0 N–H and O–H groups in total. The lowest BCUT2D eigenvalue weighted by molar-refractivity contribution is -0.201. The zero-order valence-corrected chi connectivity index (χ0v) is 11.8. The molecule has 2 fully saturated rings. The van der Waals surface area contributed by atoms with Crippen LogP contribution in [0.3, 0.4) is 0 Å². The number of hydrogen-bond acceptors (Lipinski definition) is 5. The first-order valence-corrected chi connectivity index (χ1v) is 7.50. The van der Waals surface area contributed by atoms with Crippen LogP contribution in [0.5, 0.6) is 0 Å². The SMILES string of the molecule is O=C(COC1/C=C\C2CC2CCC1)ON1C(=O)CCC1=O. The highest BCUT2D eigenvalue weighted by Gasteiger charge is 2.35. The third-order valence-corrected chi connectivity index (χ3v) is 4.23. The summed E-state index contributed by atoms with van der Waals surface area (Å²) in [6.07, 6.45) is 8.76. The third-order valence-electron chi connectivity index (χ3n) is 4.23. The van der Waals surface area contributed by atoms with Crippen molar-refractivity contribution in [3.8, 4) is 0 Å². The largest absolute Gasteiger partial charge is 0.362 e. The predicted octanol–water partition coefficient (Wildman–Crippen LogP) is 1.35. The zero-order chi connectivity index (χ0) is 14.8. The standard InChI is InChI=1S/C15H19NO5/c17-13-6-7-14(18)16(13)21-15(19)9-20-12-3-1-2-10-8-11(10)4-5-12/h4-5,10-12H,1-3,6-9H2/b5-4-.